The summed E-state index contributed by atoms with van der Waals surface area (Å²) in [6.07, 6.45) is 0. The van der Waals surface area contributed by atoms with E-state index in [1.807, 2.05) is 0 Å². The summed E-state index contributed by atoms with van der Waals surface area (Å²) in [6, 6.07) is 5.94. The molecule has 1 aliphatic rings. The van der Waals surface area contributed by atoms with Crippen molar-refractivity contribution in [3.8, 4) is 0 Å². The number of nitrogens with two attached hydrogens (primary N) is 1. The Bertz CT molecular complexity index is 835. The van der Waals surface area contributed by atoms with Gasteiger partial charge in [0, 0.05) is 25.0 Å². The first-order chi connectivity index (χ1) is 10.8. The van der Waals surface area contributed by atoms with Crippen LogP contribution in [0.1, 0.15) is 22.2 Å². The van der Waals surface area contributed by atoms with E-state index < -0.39 is 16.1 Å². The summed E-state index contributed by atoms with van der Waals surface area (Å²) in [6.45, 7) is 3.81. The van der Waals surface area contributed by atoms with Crippen molar-refractivity contribution >= 4 is 21.4 Å². The minimum absolute atomic E-state index is 0.178. The fourth-order valence-electron chi connectivity index (χ4n) is 2.96. The number of rotatable bonds is 3. The smallest absolute Gasteiger partial charge is 0.254 e. The summed E-state index contributed by atoms with van der Waals surface area (Å²) in [7, 11) is -3.65. The predicted octanol–water partition coefficient (Wildman–Crippen LogP) is 2.01. The Kier molecular flexibility index (Phi) is 4.26. The molecule has 1 aromatic heterocycles. The van der Waals surface area contributed by atoms with Crippen LogP contribution in [0.4, 0.5) is 4.39 Å². The van der Waals surface area contributed by atoms with Crippen LogP contribution >= 0.6 is 11.3 Å². The van der Waals surface area contributed by atoms with E-state index in [2.05, 4.69) is 4.98 Å². The molecule has 0 radical (unpaired) electrons. The van der Waals surface area contributed by atoms with Crippen LogP contribution < -0.4 is 5.73 Å². The molecule has 1 aliphatic heterocycles. The van der Waals surface area contributed by atoms with Gasteiger partial charge in [0.25, 0.3) is 10.0 Å². The number of aromatic nitrogens is 1. The molecule has 23 heavy (non-hydrogen) atoms. The van der Waals surface area contributed by atoms with Crippen molar-refractivity contribution in [2.75, 3.05) is 13.1 Å². The van der Waals surface area contributed by atoms with E-state index in [1.165, 1.54) is 10.4 Å². The molecule has 1 fully saturated rings. The summed E-state index contributed by atoms with van der Waals surface area (Å²) in [5, 5.41) is 0.704. The number of nitrogens with zero attached hydrogens (tertiary/aromatic N) is 2. The topological polar surface area (TPSA) is 76.3 Å². The van der Waals surface area contributed by atoms with E-state index in [1.54, 1.807) is 32.0 Å². The van der Waals surface area contributed by atoms with Crippen molar-refractivity contribution in [3.63, 3.8) is 0 Å². The van der Waals surface area contributed by atoms with E-state index in [-0.39, 0.29) is 29.0 Å². The lowest BCUT2D eigenvalue weighted by Crippen LogP contribution is -2.32. The minimum Gasteiger partial charge on any atom is -0.326 e. The van der Waals surface area contributed by atoms with E-state index in [0.717, 1.165) is 11.3 Å². The molecule has 1 aromatic carbocycles. The molecule has 0 bridgehead atoms. The van der Waals surface area contributed by atoms with E-state index in [0.29, 0.717) is 16.3 Å². The second kappa shape index (κ2) is 5.94. The summed E-state index contributed by atoms with van der Waals surface area (Å²) in [5.74, 6) is -0.697. The van der Waals surface area contributed by atoms with Gasteiger partial charge in [0.05, 0.1) is 10.7 Å². The highest BCUT2D eigenvalue weighted by Crippen LogP contribution is 2.34. The minimum atomic E-state index is -3.65. The Morgan fingerprint density at radius 1 is 1.30 bits per heavy atom. The summed E-state index contributed by atoms with van der Waals surface area (Å²) >= 11 is 1.15. The van der Waals surface area contributed by atoms with Gasteiger partial charge in [0.15, 0.2) is 4.21 Å². The van der Waals surface area contributed by atoms with Crippen LogP contribution in [0.2, 0.25) is 0 Å². The quantitative estimate of drug-likeness (QED) is 0.914. The monoisotopic (exact) mass is 355 g/mol. The van der Waals surface area contributed by atoms with Gasteiger partial charge in [-0.1, -0.05) is 18.2 Å². The maximum atomic E-state index is 14.0. The molecular weight excluding hydrogens is 337 g/mol. The molecule has 3 rings (SSSR count). The highest BCUT2D eigenvalue weighted by molar-refractivity contribution is 7.91. The molecular formula is C15H18FN3O2S2. The van der Waals surface area contributed by atoms with Crippen molar-refractivity contribution in [2.24, 2.45) is 5.73 Å². The Morgan fingerprint density at radius 2 is 2.00 bits per heavy atom. The molecule has 0 spiro atoms. The fourth-order valence-corrected chi connectivity index (χ4v) is 6.08. The molecule has 2 heterocycles. The van der Waals surface area contributed by atoms with Gasteiger partial charge in [-0.15, -0.1) is 11.3 Å². The Balaban J connectivity index is 1.92. The summed E-state index contributed by atoms with van der Waals surface area (Å²) in [4.78, 5) is 4.18. The zero-order valence-electron chi connectivity index (χ0n) is 12.9. The third-order valence-electron chi connectivity index (χ3n) is 4.07. The van der Waals surface area contributed by atoms with Gasteiger partial charge < -0.3 is 5.73 Å². The molecule has 0 saturated carbocycles. The number of thiazole rings is 1. The molecule has 5 nitrogen and oxygen atoms in total. The third-order valence-corrected chi connectivity index (χ3v) is 7.56. The van der Waals surface area contributed by atoms with Crippen LogP contribution in [0.5, 0.6) is 0 Å². The van der Waals surface area contributed by atoms with E-state index in [4.69, 9.17) is 5.73 Å². The second-order valence-corrected chi connectivity index (χ2v) is 9.06. The Morgan fingerprint density at radius 3 is 2.61 bits per heavy atom. The Labute approximate surface area is 139 Å². The van der Waals surface area contributed by atoms with Gasteiger partial charge in [0.2, 0.25) is 0 Å². The van der Waals surface area contributed by atoms with Crippen molar-refractivity contribution in [2.45, 2.75) is 30.0 Å². The first-order valence-corrected chi connectivity index (χ1v) is 9.50. The van der Waals surface area contributed by atoms with Gasteiger partial charge >= 0.3 is 0 Å². The molecule has 1 saturated heterocycles. The average Bonchev–Trinajstić information content (AvgIpc) is 3.03. The average molecular weight is 355 g/mol. The van der Waals surface area contributed by atoms with Crippen LogP contribution in [0.25, 0.3) is 0 Å². The highest BCUT2D eigenvalue weighted by atomic mass is 32.2. The summed E-state index contributed by atoms with van der Waals surface area (Å²) in [5.41, 5.74) is 7.07. The molecule has 124 valence electrons. The highest BCUT2D eigenvalue weighted by Gasteiger charge is 2.40. The lowest BCUT2D eigenvalue weighted by Gasteiger charge is -2.16. The van der Waals surface area contributed by atoms with Crippen LogP contribution in [-0.4, -0.2) is 36.8 Å². The van der Waals surface area contributed by atoms with Gasteiger partial charge in [-0.25, -0.2) is 17.8 Å². The SMILES string of the molecule is Cc1nc(C)c(S(=O)(=O)N2C[C@@H](N)[C@H](c3ccccc3F)C2)s1. The summed E-state index contributed by atoms with van der Waals surface area (Å²) < 4.78 is 41.2. The molecule has 0 amide bonds. The zero-order valence-corrected chi connectivity index (χ0v) is 14.5. The van der Waals surface area contributed by atoms with Crippen molar-refractivity contribution in [1.29, 1.82) is 0 Å². The number of hydrogen-bond donors (Lipinski definition) is 1. The van der Waals surface area contributed by atoms with Gasteiger partial charge in [-0.2, -0.15) is 4.31 Å². The van der Waals surface area contributed by atoms with Crippen molar-refractivity contribution < 1.29 is 12.8 Å². The number of sulfonamides is 1. The van der Waals surface area contributed by atoms with Gasteiger partial charge in [-0.3, -0.25) is 0 Å². The Hall–Kier alpha value is -1.35. The normalized spacial score (nSPS) is 22.6. The first-order valence-electron chi connectivity index (χ1n) is 7.25. The lowest BCUT2D eigenvalue weighted by atomic mass is 9.94. The van der Waals surface area contributed by atoms with Gasteiger partial charge in [0.1, 0.15) is 5.82 Å². The fraction of sp³-hybridized carbons (Fsp3) is 0.400. The third kappa shape index (κ3) is 2.91. The molecule has 2 aromatic rings. The number of hydrogen-bond acceptors (Lipinski definition) is 5. The van der Waals surface area contributed by atoms with Crippen LogP contribution in [0.3, 0.4) is 0 Å². The van der Waals surface area contributed by atoms with Crippen molar-refractivity contribution in [1.82, 2.24) is 9.29 Å². The van der Waals surface area contributed by atoms with Crippen molar-refractivity contribution in [3.05, 3.63) is 46.3 Å². The van der Waals surface area contributed by atoms with Crippen LogP contribution in [0, 0.1) is 19.7 Å². The zero-order chi connectivity index (χ0) is 16.8. The largest absolute Gasteiger partial charge is 0.326 e. The van der Waals surface area contributed by atoms with E-state index >= 15 is 0 Å². The lowest BCUT2D eigenvalue weighted by molar-refractivity contribution is 0.470. The maximum Gasteiger partial charge on any atom is 0.254 e. The van der Waals surface area contributed by atoms with Gasteiger partial charge in [-0.05, 0) is 25.5 Å². The second-order valence-electron chi connectivity index (χ2n) is 5.72. The van der Waals surface area contributed by atoms with Crippen LogP contribution in [-0.2, 0) is 10.0 Å². The molecule has 0 unspecified atom stereocenters. The molecule has 2 atom stereocenters. The number of benzene rings is 1. The number of halogens is 1. The standard InChI is InChI=1S/C15H18FN3O2S2/c1-9-15(22-10(2)18-9)23(20,21)19-7-12(14(17)8-19)11-5-3-4-6-13(11)16/h3-6,12,14H,7-8,17H2,1-2H3/t12-,14+/m0/s1. The molecule has 2 N–H and O–H groups in total. The van der Waals surface area contributed by atoms with E-state index in [9.17, 15) is 12.8 Å². The molecule has 8 heteroatoms. The first kappa shape index (κ1) is 16.5. The maximum absolute atomic E-state index is 14.0. The number of aryl methyl sites for hydroxylation is 2. The predicted molar refractivity (Wildman–Crippen MR) is 87.5 cm³/mol. The molecule has 0 aliphatic carbocycles. The van der Waals surface area contributed by atoms with Crippen LogP contribution in [0.15, 0.2) is 28.5 Å².